The van der Waals surface area contributed by atoms with Crippen LogP contribution in [-0.2, 0) is 21.2 Å². The highest BCUT2D eigenvalue weighted by Crippen LogP contribution is 2.61. The van der Waals surface area contributed by atoms with Crippen LogP contribution in [0.5, 0.6) is 0 Å². The fourth-order valence-electron chi connectivity index (χ4n) is 6.32. The van der Waals surface area contributed by atoms with E-state index in [-0.39, 0.29) is 4.90 Å². The Kier molecular flexibility index (Phi) is 4.83. The number of carboxylic acid groups (broad SMARTS) is 1. The van der Waals surface area contributed by atoms with Crippen molar-refractivity contribution in [3.05, 3.63) is 29.8 Å². The van der Waals surface area contributed by atoms with Crippen molar-refractivity contribution in [2.24, 2.45) is 23.2 Å². The van der Waals surface area contributed by atoms with E-state index < -0.39 is 27.4 Å². The van der Waals surface area contributed by atoms with Crippen LogP contribution in [-0.4, -0.2) is 25.5 Å². The van der Waals surface area contributed by atoms with Crippen molar-refractivity contribution in [3.8, 4) is 0 Å². The van der Waals surface area contributed by atoms with Crippen LogP contribution in [0, 0.1) is 23.2 Å². The van der Waals surface area contributed by atoms with Gasteiger partial charge in [0.1, 0.15) is 6.04 Å². The van der Waals surface area contributed by atoms with Gasteiger partial charge >= 0.3 is 5.97 Å². The van der Waals surface area contributed by atoms with E-state index in [0.29, 0.717) is 17.8 Å². The molecule has 1 aromatic rings. The molecule has 2 N–H and O–H groups in total. The molecule has 4 fully saturated rings. The lowest BCUT2D eigenvalue weighted by atomic mass is 9.48. The zero-order chi connectivity index (χ0) is 19.2. The van der Waals surface area contributed by atoms with E-state index in [1.807, 2.05) is 12.1 Å². The average Bonchev–Trinajstić information content (AvgIpc) is 2.59. The van der Waals surface area contributed by atoms with Crippen LogP contribution in [0.2, 0.25) is 0 Å². The number of hydrogen-bond donors (Lipinski definition) is 2. The normalized spacial score (nSPS) is 33.1. The standard InChI is InChI=1S/C21H29NO4S/c1-2-3-14-4-6-18(7-5-14)27(25,26)22-19(20(23)24)21-11-15-8-16(12-21)10-17(9-15)13-21/h4-7,15-17,19,22H,2-3,8-13H2,1H3,(H,23,24)/t15?,16?,17?,19-,21?/m1/s1. The zero-order valence-electron chi connectivity index (χ0n) is 15.9. The minimum atomic E-state index is -3.86. The number of hydrogen-bond acceptors (Lipinski definition) is 3. The zero-order valence-corrected chi connectivity index (χ0v) is 16.7. The topological polar surface area (TPSA) is 83.5 Å². The van der Waals surface area contributed by atoms with Gasteiger partial charge in [-0.2, -0.15) is 4.72 Å². The second-order valence-electron chi connectivity index (χ2n) is 9.07. The Balaban J connectivity index is 1.59. The maximum atomic E-state index is 12.9. The van der Waals surface area contributed by atoms with Crippen LogP contribution in [0.15, 0.2) is 29.2 Å². The van der Waals surface area contributed by atoms with E-state index in [2.05, 4.69) is 11.6 Å². The maximum absolute atomic E-state index is 12.9. The number of carbonyl (C=O) groups is 1. The van der Waals surface area contributed by atoms with Crippen molar-refractivity contribution in [1.29, 1.82) is 0 Å². The Bertz CT molecular complexity index is 780. The molecule has 5 rings (SSSR count). The SMILES string of the molecule is CCCc1ccc(S(=O)(=O)N[C@H](C(=O)O)C23CC4CC(CC(C4)C2)C3)cc1. The van der Waals surface area contributed by atoms with E-state index in [0.717, 1.165) is 37.7 Å². The molecule has 6 heteroatoms. The first-order valence-electron chi connectivity index (χ1n) is 10.2. The van der Waals surface area contributed by atoms with Crippen LogP contribution < -0.4 is 4.72 Å². The number of benzene rings is 1. The van der Waals surface area contributed by atoms with Gasteiger partial charge in [0.25, 0.3) is 0 Å². The predicted octanol–water partition coefficient (Wildman–Crippen LogP) is 3.59. The van der Waals surface area contributed by atoms with Gasteiger partial charge in [-0.3, -0.25) is 4.79 Å². The van der Waals surface area contributed by atoms with E-state index in [1.165, 1.54) is 19.3 Å². The Morgan fingerprint density at radius 2 is 1.63 bits per heavy atom. The average molecular weight is 392 g/mol. The Morgan fingerprint density at radius 1 is 1.11 bits per heavy atom. The van der Waals surface area contributed by atoms with Gasteiger partial charge in [0.15, 0.2) is 0 Å². The maximum Gasteiger partial charge on any atom is 0.322 e. The summed E-state index contributed by atoms with van der Waals surface area (Å²) in [6, 6.07) is 5.78. The summed E-state index contributed by atoms with van der Waals surface area (Å²) in [5.74, 6) is 0.658. The van der Waals surface area contributed by atoms with Crippen LogP contribution in [0.1, 0.15) is 57.4 Å². The summed E-state index contributed by atoms with van der Waals surface area (Å²) >= 11 is 0. The molecule has 5 nitrogen and oxygen atoms in total. The molecule has 0 saturated heterocycles. The number of rotatable bonds is 7. The van der Waals surface area contributed by atoms with Gasteiger partial charge in [-0.1, -0.05) is 25.5 Å². The first-order valence-corrected chi connectivity index (χ1v) is 11.6. The van der Waals surface area contributed by atoms with E-state index in [1.54, 1.807) is 12.1 Å². The predicted molar refractivity (Wildman–Crippen MR) is 103 cm³/mol. The van der Waals surface area contributed by atoms with Crippen LogP contribution >= 0.6 is 0 Å². The molecule has 27 heavy (non-hydrogen) atoms. The lowest BCUT2D eigenvalue weighted by molar-refractivity contribution is -0.150. The summed E-state index contributed by atoms with van der Waals surface area (Å²) in [7, 11) is -3.86. The van der Waals surface area contributed by atoms with Crippen molar-refractivity contribution in [2.45, 2.75) is 69.2 Å². The molecule has 0 aliphatic heterocycles. The fraction of sp³-hybridized carbons (Fsp3) is 0.667. The smallest absolute Gasteiger partial charge is 0.322 e. The molecule has 0 heterocycles. The third-order valence-corrected chi connectivity index (χ3v) is 8.43. The summed E-state index contributed by atoms with van der Waals surface area (Å²) in [5.41, 5.74) is 0.669. The fourth-order valence-corrected chi connectivity index (χ4v) is 7.61. The number of nitrogens with one attached hydrogen (secondary N) is 1. The molecule has 1 atom stereocenters. The summed E-state index contributed by atoms with van der Waals surface area (Å²) in [6.07, 6.45) is 8.00. The third-order valence-electron chi connectivity index (χ3n) is 6.99. The molecule has 1 aromatic carbocycles. The highest BCUT2D eigenvalue weighted by atomic mass is 32.2. The Hall–Kier alpha value is -1.40. The van der Waals surface area contributed by atoms with Crippen molar-refractivity contribution < 1.29 is 18.3 Å². The monoisotopic (exact) mass is 391 g/mol. The second kappa shape index (κ2) is 6.89. The molecule has 0 spiro atoms. The molecule has 0 aromatic heterocycles. The molecule has 0 amide bonds. The van der Waals surface area contributed by atoms with Crippen LogP contribution in [0.4, 0.5) is 0 Å². The van der Waals surface area contributed by atoms with Gasteiger partial charge in [-0.15, -0.1) is 0 Å². The Labute approximate surface area is 161 Å². The van der Waals surface area contributed by atoms with Crippen molar-refractivity contribution in [2.75, 3.05) is 0 Å². The molecular weight excluding hydrogens is 362 g/mol. The molecule has 0 radical (unpaired) electrons. The number of aliphatic carboxylic acids is 1. The molecule has 4 aliphatic rings. The van der Waals surface area contributed by atoms with E-state index >= 15 is 0 Å². The van der Waals surface area contributed by atoms with Gasteiger partial charge < -0.3 is 5.11 Å². The lowest BCUT2D eigenvalue weighted by Crippen LogP contribution is -2.59. The minimum absolute atomic E-state index is 0.151. The summed E-state index contributed by atoms with van der Waals surface area (Å²) in [6.45, 7) is 2.08. The molecule has 0 unspecified atom stereocenters. The number of carboxylic acids is 1. The van der Waals surface area contributed by atoms with Gasteiger partial charge in [-0.25, -0.2) is 8.42 Å². The lowest BCUT2D eigenvalue weighted by Gasteiger charge is -2.58. The van der Waals surface area contributed by atoms with Crippen LogP contribution in [0.3, 0.4) is 0 Å². The molecular formula is C21H29NO4S. The highest BCUT2D eigenvalue weighted by molar-refractivity contribution is 7.89. The third kappa shape index (κ3) is 3.54. The van der Waals surface area contributed by atoms with E-state index in [9.17, 15) is 18.3 Å². The first-order chi connectivity index (χ1) is 12.8. The minimum Gasteiger partial charge on any atom is -0.480 e. The molecule has 148 valence electrons. The van der Waals surface area contributed by atoms with Gasteiger partial charge in [0.2, 0.25) is 10.0 Å². The largest absolute Gasteiger partial charge is 0.480 e. The number of aryl methyl sites for hydroxylation is 1. The van der Waals surface area contributed by atoms with Gasteiger partial charge in [-0.05, 0) is 85.8 Å². The molecule has 4 saturated carbocycles. The molecule has 4 aliphatic carbocycles. The summed E-state index contributed by atoms with van der Waals surface area (Å²) < 4.78 is 28.5. The summed E-state index contributed by atoms with van der Waals surface area (Å²) in [5, 5.41) is 9.93. The van der Waals surface area contributed by atoms with Crippen molar-refractivity contribution in [1.82, 2.24) is 4.72 Å². The highest BCUT2D eigenvalue weighted by Gasteiger charge is 2.56. The quantitative estimate of drug-likeness (QED) is 0.744. The van der Waals surface area contributed by atoms with Gasteiger partial charge in [0.05, 0.1) is 4.90 Å². The second-order valence-corrected chi connectivity index (χ2v) is 10.8. The van der Waals surface area contributed by atoms with Gasteiger partial charge in [0, 0.05) is 0 Å². The summed E-state index contributed by atoms with van der Waals surface area (Å²) in [4.78, 5) is 12.3. The first kappa shape index (κ1) is 18.9. The van der Waals surface area contributed by atoms with E-state index in [4.69, 9.17) is 0 Å². The molecule has 4 bridgehead atoms. The van der Waals surface area contributed by atoms with Crippen molar-refractivity contribution in [3.63, 3.8) is 0 Å². The Morgan fingerprint density at radius 3 is 2.07 bits per heavy atom. The van der Waals surface area contributed by atoms with Crippen LogP contribution in [0.25, 0.3) is 0 Å². The number of sulfonamides is 1. The van der Waals surface area contributed by atoms with Crippen molar-refractivity contribution >= 4 is 16.0 Å².